The van der Waals surface area contributed by atoms with Crippen LogP contribution in [0.25, 0.3) is 22.1 Å². The van der Waals surface area contributed by atoms with Crippen LogP contribution in [-0.2, 0) is 14.8 Å². The summed E-state index contributed by atoms with van der Waals surface area (Å²) >= 11 is 0. The summed E-state index contributed by atoms with van der Waals surface area (Å²) in [4.78, 5) is 26.3. The highest BCUT2D eigenvalue weighted by Crippen LogP contribution is 2.31. The molecule has 168 valence electrons. The van der Waals surface area contributed by atoms with Crippen molar-refractivity contribution in [2.45, 2.75) is 31.6 Å². The highest BCUT2D eigenvalue weighted by atomic mass is 32.2. The Morgan fingerprint density at radius 2 is 1.94 bits per heavy atom. The first kappa shape index (κ1) is 22.0. The fourth-order valence-electron chi connectivity index (χ4n) is 4.02. The summed E-state index contributed by atoms with van der Waals surface area (Å²) in [5, 5.41) is 5.19. The van der Waals surface area contributed by atoms with Crippen molar-refractivity contribution in [2.75, 3.05) is 13.1 Å². The molecule has 2 aromatic carbocycles. The molecule has 2 N–H and O–H groups in total. The summed E-state index contributed by atoms with van der Waals surface area (Å²) in [6, 6.07) is 14.3. The number of hydrogen-bond donors (Lipinski definition) is 1. The molecule has 4 rings (SSSR count). The van der Waals surface area contributed by atoms with Gasteiger partial charge >= 0.3 is 5.63 Å². The zero-order chi connectivity index (χ0) is 23.0. The van der Waals surface area contributed by atoms with Crippen molar-refractivity contribution in [2.24, 2.45) is 5.14 Å². The molecule has 1 amide bonds. The Morgan fingerprint density at radius 3 is 2.62 bits per heavy atom. The maximum atomic E-state index is 12.7. The minimum absolute atomic E-state index is 0.0533. The summed E-state index contributed by atoms with van der Waals surface area (Å²) < 4.78 is 34.3. The number of nitrogens with zero attached hydrogens (tertiary/aromatic N) is 1. The van der Waals surface area contributed by atoms with Crippen LogP contribution < -0.4 is 15.5 Å². The molecule has 0 bridgehead atoms. The van der Waals surface area contributed by atoms with E-state index in [9.17, 15) is 18.0 Å². The van der Waals surface area contributed by atoms with Gasteiger partial charge in [0.2, 0.25) is 10.0 Å². The smallest absolute Gasteiger partial charge is 0.336 e. The molecule has 1 aliphatic rings. The molecule has 1 aromatic heterocycles. The molecular formula is C23H24N2O6S. The van der Waals surface area contributed by atoms with E-state index in [2.05, 4.69) is 0 Å². The number of amides is 1. The molecule has 2 heterocycles. The molecule has 3 aromatic rings. The molecule has 9 heteroatoms. The molecule has 1 aliphatic heterocycles. The predicted molar refractivity (Wildman–Crippen MR) is 121 cm³/mol. The number of nitrogens with two attached hydrogens (primary N) is 1. The summed E-state index contributed by atoms with van der Waals surface area (Å²) in [5.41, 5.74) is 2.59. The second-order valence-corrected chi connectivity index (χ2v) is 9.84. The Bertz CT molecular complexity index is 1350. The van der Waals surface area contributed by atoms with Gasteiger partial charge in [-0.25, -0.2) is 18.4 Å². The number of rotatable bonds is 5. The molecule has 0 saturated carbocycles. The van der Waals surface area contributed by atoms with Gasteiger partial charge in [0.1, 0.15) is 11.3 Å². The first-order chi connectivity index (χ1) is 15.1. The molecule has 2 atom stereocenters. The second kappa shape index (κ2) is 8.40. The third-order valence-corrected chi connectivity index (χ3v) is 7.05. The Morgan fingerprint density at radius 1 is 1.19 bits per heavy atom. The van der Waals surface area contributed by atoms with E-state index in [-0.39, 0.29) is 12.5 Å². The minimum atomic E-state index is -3.69. The van der Waals surface area contributed by atoms with E-state index in [0.29, 0.717) is 24.3 Å². The lowest BCUT2D eigenvalue weighted by atomic mass is 9.98. The van der Waals surface area contributed by atoms with E-state index in [1.165, 1.54) is 11.0 Å². The Balaban J connectivity index is 1.58. The van der Waals surface area contributed by atoms with Crippen LogP contribution in [0.5, 0.6) is 5.75 Å². The average molecular weight is 457 g/mol. The SMILES string of the molecule is Cc1ccccc1-c1cc(=O)oc2cc(OC(C)C(=O)N3CCC(S(N)(=O)=O)C3)ccc12. The number of primary sulfonamides is 1. The van der Waals surface area contributed by atoms with E-state index in [1.807, 2.05) is 31.2 Å². The van der Waals surface area contributed by atoms with Crippen LogP contribution in [0.15, 0.2) is 57.7 Å². The van der Waals surface area contributed by atoms with Gasteiger partial charge in [-0.3, -0.25) is 4.79 Å². The lowest BCUT2D eigenvalue weighted by Gasteiger charge is -2.21. The number of ether oxygens (including phenoxy) is 1. The van der Waals surface area contributed by atoms with Gasteiger partial charge in [-0.15, -0.1) is 0 Å². The third-order valence-electron chi connectivity index (χ3n) is 5.73. The van der Waals surface area contributed by atoms with E-state index >= 15 is 0 Å². The normalized spacial score (nSPS) is 17.5. The molecule has 2 unspecified atom stereocenters. The summed E-state index contributed by atoms with van der Waals surface area (Å²) in [6.07, 6.45) is -0.543. The maximum absolute atomic E-state index is 12.7. The van der Waals surface area contributed by atoms with Gasteiger partial charge < -0.3 is 14.1 Å². The number of carbonyl (C=O) groups is 1. The average Bonchev–Trinajstić information content (AvgIpc) is 3.23. The van der Waals surface area contributed by atoms with Gasteiger partial charge in [0.15, 0.2) is 6.10 Å². The van der Waals surface area contributed by atoms with Crippen molar-refractivity contribution in [1.82, 2.24) is 4.90 Å². The van der Waals surface area contributed by atoms with E-state index < -0.39 is 27.0 Å². The van der Waals surface area contributed by atoms with Crippen molar-refractivity contribution in [1.29, 1.82) is 0 Å². The van der Waals surface area contributed by atoms with E-state index in [1.54, 1.807) is 25.1 Å². The number of fused-ring (bicyclic) bond motifs is 1. The standard InChI is InChI=1S/C23H24N2O6S/c1-14-5-3-4-6-18(14)20-12-22(26)31-21-11-16(7-8-19(20)21)30-15(2)23(27)25-10-9-17(13-25)32(24,28)29/h3-8,11-12,15,17H,9-10,13H2,1-2H3,(H2,24,28,29). The van der Waals surface area contributed by atoms with Gasteiger partial charge in [0.25, 0.3) is 5.91 Å². The third kappa shape index (κ3) is 4.39. The first-order valence-corrected chi connectivity index (χ1v) is 11.9. The highest BCUT2D eigenvalue weighted by Gasteiger charge is 2.35. The maximum Gasteiger partial charge on any atom is 0.336 e. The van der Waals surface area contributed by atoms with Crippen molar-refractivity contribution in [3.05, 3.63) is 64.5 Å². The minimum Gasteiger partial charge on any atom is -0.481 e. The van der Waals surface area contributed by atoms with Crippen molar-refractivity contribution >= 4 is 26.9 Å². The van der Waals surface area contributed by atoms with Gasteiger partial charge in [0, 0.05) is 36.2 Å². The summed E-state index contributed by atoms with van der Waals surface area (Å²) in [6.45, 7) is 3.92. The van der Waals surface area contributed by atoms with Crippen LogP contribution in [0.1, 0.15) is 18.9 Å². The van der Waals surface area contributed by atoms with Crippen LogP contribution in [0, 0.1) is 6.92 Å². The second-order valence-electron chi connectivity index (χ2n) is 8.00. The van der Waals surface area contributed by atoms with Crippen LogP contribution >= 0.6 is 0 Å². The van der Waals surface area contributed by atoms with E-state index in [4.69, 9.17) is 14.3 Å². The fourth-order valence-corrected chi connectivity index (χ4v) is 4.84. The molecule has 1 fully saturated rings. The number of aryl methyl sites for hydroxylation is 1. The zero-order valence-electron chi connectivity index (χ0n) is 17.8. The summed E-state index contributed by atoms with van der Waals surface area (Å²) in [5.74, 6) is 0.0389. The molecule has 0 spiro atoms. The van der Waals surface area contributed by atoms with Crippen molar-refractivity contribution in [3.63, 3.8) is 0 Å². The van der Waals surface area contributed by atoms with Gasteiger partial charge in [-0.05, 0) is 43.5 Å². The molecule has 32 heavy (non-hydrogen) atoms. The number of sulfonamides is 1. The van der Waals surface area contributed by atoms with Gasteiger partial charge in [0.05, 0.1) is 5.25 Å². The molecule has 0 aliphatic carbocycles. The van der Waals surface area contributed by atoms with E-state index in [0.717, 1.165) is 22.1 Å². The quantitative estimate of drug-likeness (QED) is 0.589. The Labute approximate surface area is 185 Å². The molecule has 8 nitrogen and oxygen atoms in total. The Kier molecular flexibility index (Phi) is 5.79. The lowest BCUT2D eigenvalue weighted by Crippen LogP contribution is -2.41. The number of benzene rings is 2. The number of hydrogen-bond acceptors (Lipinski definition) is 6. The molecular weight excluding hydrogens is 432 g/mol. The predicted octanol–water partition coefficient (Wildman–Crippen LogP) is 2.43. The first-order valence-electron chi connectivity index (χ1n) is 10.2. The van der Waals surface area contributed by atoms with Gasteiger partial charge in [-0.2, -0.15) is 0 Å². The topological polar surface area (TPSA) is 120 Å². The monoisotopic (exact) mass is 456 g/mol. The van der Waals surface area contributed by atoms with Gasteiger partial charge in [-0.1, -0.05) is 24.3 Å². The van der Waals surface area contributed by atoms with Crippen LogP contribution in [0.3, 0.4) is 0 Å². The molecule has 0 radical (unpaired) electrons. The number of carbonyl (C=O) groups excluding carboxylic acids is 1. The van der Waals surface area contributed by atoms with Crippen LogP contribution in [-0.4, -0.2) is 43.7 Å². The lowest BCUT2D eigenvalue weighted by molar-refractivity contribution is -0.136. The molecule has 1 saturated heterocycles. The zero-order valence-corrected chi connectivity index (χ0v) is 18.6. The van der Waals surface area contributed by atoms with Crippen LogP contribution in [0.4, 0.5) is 0 Å². The largest absolute Gasteiger partial charge is 0.481 e. The van der Waals surface area contributed by atoms with Crippen molar-refractivity contribution in [3.8, 4) is 16.9 Å². The highest BCUT2D eigenvalue weighted by molar-refractivity contribution is 7.89. The van der Waals surface area contributed by atoms with Crippen molar-refractivity contribution < 1.29 is 22.4 Å². The number of likely N-dealkylation sites (tertiary alicyclic amines) is 1. The summed E-state index contributed by atoms with van der Waals surface area (Å²) in [7, 11) is -3.69. The fraction of sp³-hybridized carbons (Fsp3) is 0.304. The Hall–Kier alpha value is -3.17. The van der Waals surface area contributed by atoms with Crippen LogP contribution in [0.2, 0.25) is 0 Å².